The first-order valence-corrected chi connectivity index (χ1v) is 19.3. The average Bonchev–Trinajstić information content (AvgIpc) is 3.26. The van der Waals surface area contributed by atoms with Crippen LogP contribution in [0.4, 0.5) is 10.5 Å². The molecule has 2 amide bonds. The smallest absolute Gasteiger partial charge is 0.414 e. The highest BCUT2D eigenvalue weighted by Crippen LogP contribution is 2.40. The molecule has 0 aliphatic heterocycles. The zero-order valence-corrected chi connectivity index (χ0v) is 36.7. The van der Waals surface area contributed by atoms with Gasteiger partial charge in [0.2, 0.25) is 23.2 Å². The molecule has 5 N–H and O–H groups in total. The highest BCUT2D eigenvalue weighted by atomic mass is 35.5. The first-order chi connectivity index (χ1) is 31.4. The van der Waals surface area contributed by atoms with Crippen LogP contribution in [-0.2, 0) is 9.53 Å². The Kier molecular flexibility index (Phi) is 14.3. The number of benzene rings is 2. The largest absolute Gasteiger partial charge is 0.450 e. The number of nitriles is 2. The third kappa shape index (κ3) is 11.7. The fourth-order valence-corrected chi connectivity index (χ4v) is 6.27. The van der Waals surface area contributed by atoms with Gasteiger partial charge in [-0.05, 0) is 56.8 Å². The molecule has 0 aliphatic rings. The van der Waals surface area contributed by atoms with Crippen LogP contribution < -0.4 is 42.6 Å². The lowest BCUT2D eigenvalue weighted by Gasteiger charge is -2.15. The van der Waals surface area contributed by atoms with Crippen LogP contribution in [0.5, 0.6) is 23.3 Å². The van der Waals surface area contributed by atoms with Crippen molar-refractivity contribution in [3.8, 4) is 41.1 Å². The minimum absolute atomic E-state index is 0.000885. The van der Waals surface area contributed by atoms with E-state index in [2.05, 4.69) is 40.8 Å². The number of alkyl carbamates (subject to hydrolysis) is 1. The van der Waals surface area contributed by atoms with E-state index in [1.807, 2.05) is 32.7 Å². The Hall–Kier alpha value is -7.04. The van der Waals surface area contributed by atoms with E-state index in [0.29, 0.717) is 26.9 Å². The van der Waals surface area contributed by atoms with Gasteiger partial charge in [0.05, 0.1) is 43.6 Å². The summed E-state index contributed by atoms with van der Waals surface area (Å²) in [4.78, 5) is 73.1. The van der Waals surface area contributed by atoms with Crippen molar-refractivity contribution in [1.82, 2.24) is 40.5 Å². The lowest BCUT2D eigenvalue weighted by Crippen LogP contribution is -2.36. The molecule has 3 heterocycles. The summed E-state index contributed by atoms with van der Waals surface area (Å²) >= 11 is 25.0. The van der Waals surface area contributed by atoms with E-state index in [-0.39, 0.29) is 63.0 Å². The molecule has 0 bridgehead atoms. The van der Waals surface area contributed by atoms with Crippen molar-refractivity contribution in [2.75, 3.05) is 12.0 Å². The summed E-state index contributed by atoms with van der Waals surface area (Å²) in [5.74, 6) is -2.11. The number of ether oxygens (including phenoxy) is 3. The van der Waals surface area contributed by atoms with Crippen molar-refractivity contribution in [2.24, 2.45) is 5.10 Å². The van der Waals surface area contributed by atoms with Gasteiger partial charge < -0.3 is 14.2 Å². The number of carbonyl (C=O) groups is 2. The van der Waals surface area contributed by atoms with E-state index < -0.39 is 80.1 Å². The number of aromatic nitrogens is 7. The van der Waals surface area contributed by atoms with Crippen LogP contribution in [-0.4, -0.2) is 59.5 Å². The summed E-state index contributed by atoms with van der Waals surface area (Å²) in [6.07, 6.45) is -1.08. The molecule has 0 saturated carbocycles. The minimum Gasteiger partial charge on any atom is -0.450 e. The minimum atomic E-state index is -1.17. The van der Waals surface area contributed by atoms with Gasteiger partial charge in [0.1, 0.15) is 12.1 Å². The quantitative estimate of drug-likeness (QED) is 0.0720. The molecule has 5 rings (SSSR count). The van der Waals surface area contributed by atoms with E-state index in [9.17, 15) is 28.8 Å². The first-order valence-electron chi connectivity index (χ1n) is 19.8. The van der Waals surface area contributed by atoms with Gasteiger partial charge in [0.25, 0.3) is 22.6 Å². The fourth-order valence-electron chi connectivity index (χ4n) is 5.28. The number of hydrogen-bond acceptors (Lipinski definition) is 16. The summed E-state index contributed by atoms with van der Waals surface area (Å²) in [5.41, 5.74) is -1.27. The van der Waals surface area contributed by atoms with Crippen molar-refractivity contribution < 1.29 is 29.3 Å². The number of H-pyrrole nitrogens is 3. The maximum Gasteiger partial charge on any atom is 0.414 e. The number of hydrazone groups is 1. The lowest BCUT2D eigenvalue weighted by atomic mass is 10.0. The van der Waals surface area contributed by atoms with Crippen LogP contribution in [0.15, 0.2) is 48.4 Å². The molecule has 5 aromatic rings. The molecule has 3 aromatic heterocycles. The highest BCUT2D eigenvalue weighted by molar-refractivity contribution is 6.47. The molecule has 2 aromatic carbocycles. The van der Waals surface area contributed by atoms with Gasteiger partial charge in [-0.25, -0.2) is 19.8 Å². The van der Waals surface area contributed by atoms with Gasteiger partial charge in [-0.3, -0.25) is 34.9 Å². The number of nitrogens with one attached hydrogen (secondary N) is 5. The molecular weight excluding hydrogens is 910 g/mol. The maximum absolute atomic E-state index is 12.2. The van der Waals surface area contributed by atoms with E-state index in [4.69, 9.17) is 71.9 Å². The molecule has 21 nitrogen and oxygen atoms in total. The second-order valence-electron chi connectivity index (χ2n) is 12.9. The Morgan fingerprint density at radius 1 is 0.841 bits per heavy atom. The van der Waals surface area contributed by atoms with Crippen LogP contribution in [0, 0.1) is 36.5 Å². The van der Waals surface area contributed by atoms with Crippen LogP contribution in [0.25, 0.3) is 5.69 Å². The maximum atomic E-state index is 12.2. The van der Waals surface area contributed by atoms with E-state index >= 15 is 0 Å². The van der Waals surface area contributed by atoms with Crippen LogP contribution >= 0.6 is 46.4 Å². The van der Waals surface area contributed by atoms with Gasteiger partial charge in [-0.2, -0.15) is 20.3 Å². The van der Waals surface area contributed by atoms with Crippen LogP contribution in [0.2, 0.25) is 20.1 Å². The molecule has 0 spiro atoms. The summed E-state index contributed by atoms with van der Waals surface area (Å²) in [6.45, 7) is 12.0. The number of carbonyl (C=O) groups excluding carboxylic acids is 2. The van der Waals surface area contributed by atoms with Crippen LogP contribution in [0.1, 0.15) is 79.9 Å². The van der Waals surface area contributed by atoms with E-state index in [1.54, 1.807) is 19.2 Å². The Labute approximate surface area is 381 Å². The fraction of sp³-hybridized carbons (Fsp3) is 0.263. The molecule has 0 aliphatic carbocycles. The number of rotatable bonds is 11. The summed E-state index contributed by atoms with van der Waals surface area (Å²) in [7, 11) is 0. The molecule has 0 atom stereocenters. The monoisotopic (exact) mass is 946 g/mol. The number of imide groups is 1. The molecule has 25 heteroatoms. The third-order valence-electron chi connectivity index (χ3n) is 7.97. The molecule has 328 valence electrons. The molecule has 63 heavy (non-hydrogen) atoms. The van der Waals surface area contributed by atoms with Crippen molar-refractivity contribution in [1.29, 1.82) is 10.5 Å². The SMILES string of the molecule is [2H]c1c(Cl)c(Oc2n[nH]c(=O)c(C(C)C)c2C)c(Cl)c([2H])c1-n1nc(C#N)c(=O)[nH]c1=O.[2H]c1c(Cl)c(Oc2n[nH]c(=O)c(C(C)C)c2C)c(Cl)c([2H])c1N/N=C(\C#N)C(=O)NC(=O)OCC. The average molecular weight is 949 g/mol. The number of anilines is 1. The van der Waals surface area contributed by atoms with Crippen LogP contribution in [0.3, 0.4) is 0 Å². The predicted molar refractivity (Wildman–Crippen MR) is 231 cm³/mol. The number of amides is 2. The summed E-state index contributed by atoms with van der Waals surface area (Å²) < 4.78 is 49.5. The Bertz CT molecular complexity index is 3140. The first kappa shape index (κ1) is 42.6. The van der Waals surface area contributed by atoms with Crippen molar-refractivity contribution in [3.05, 3.63) is 114 Å². The number of aromatic amines is 3. The summed E-state index contributed by atoms with van der Waals surface area (Å²) in [6, 6.07) is 0.844. The second kappa shape index (κ2) is 21.2. The summed E-state index contributed by atoms with van der Waals surface area (Å²) in [5, 5.41) is 37.9. The van der Waals surface area contributed by atoms with Crippen molar-refractivity contribution >= 4 is 69.8 Å². The third-order valence-corrected chi connectivity index (χ3v) is 9.03. The van der Waals surface area contributed by atoms with Crippen molar-refractivity contribution in [3.63, 3.8) is 0 Å². The number of nitrogens with zero attached hydrogens (tertiary/aromatic N) is 7. The van der Waals surface area contributed by atoms with Gasteiger partial charge in [-0.15, -0.1) is 15.3 Å². The topological polar surface area (TPSA) is 305 Å². The molecule has 0 radical (unpaired) electrons. The standard InChI is InChI=1S/C20H20Cl2N6O5.C18H14Cl2N6O4/c1-5-32-20(31)24-17(29)14(8-23)26-25-11-6-12(21)16(13(22)7-11)33-19-10(4)15(9(2)3)18(30)27-28-19;1-7(2)13-8(3)17(24-23-16(13)28)30-14-10(19)4-9(5-11(14)20)26-18(29)22-15(27)12(6-21)25-26/h6-7,9,25H,5H2,1-4H3,(H,27,30)(H,24,29,31);4-5,7H,1-3H3,(H,23,28)(H,22,27,29)/b26-14+;/i6D,7D;4D,5D. The van der Waals surface area contributed by atoms with Gasteiger partial charge in [0, 0.05) is 22.3 Å². The van der Waals surface area contributed by atoms with E-state index in [0.717, 1.165) is 0 Å². The normalized spacial score (nSPS) is 11.8. The zero-order valence-electron chi connectivity index (χ0n) is 37.7. The second-order valence-corrected chi connectivity index (χ2v) is 14.4. The number of halogens is 4. The molecular formula is C38H34Cl4N12O9. The lowest BCUT2D eigenvalue weighted by molar-refractivity contribution is -0.114. The Morgan fingerprint density at radius 3 is 1.75 bits per heavy atom. The highest BCUT2D eigenvalue weighted by Gasteiger charge is 2.21. The van der Waals surface area contributed by atoms with Gasteiger partial charge in [-0.1, -0.05) is 74.1 Å². The molecule has 0 fully saturated rings. The molecule has 0 unspecified atom stereocenters. The van der Waals surface area contributed by atoms with E-state index in [1.165, 1.54) is 19.1 Å². The molecule has 0 saturated heterocycles. The van der Waals surface area contributed by atoms with Crippen molar-refractivity contribution in [2.45, 2.75) is 60.3 Å². The van der Waals surface area contributed by atoms with Gasteiger partial charge in [0.15, 0.2) is 11.5 Å². The Morgan fingerprint density at radius 2 is 1.32 bits per heavy atom. The van der Waals surface area contributed by atoms with Gasteiger partial charge >= 0.3 is 11.8 Å². The Balaban J connectivity index is 0.000000293. The zero-order chi connectivity index (χ0) is 50.3. The predicted octanol–water partition coefficient (Wildman–Crippen LogP) is 6.27. The number of hydrogen-bond donors (Lipinski definition) is 5.